The van der Waals surface area contributed by atoms with E-state index < -0.39 is 21.2 Å². The molecule has 0 aromatic heterocycles. The van der Waals surface area contributed by atoms with Crippen molar-refractivity contribution in [3.8, 4) is 0 Å². The molecule has 0 spiro atoms. The van der Waals surface area contributed by atoms with Crippen molar-refractivity contribution < 1.29 is 14.6 Å². The molecule has 0 fully saturated rings. The molecule has 14 heavy (non-hydrogen) atoms. The summed E-state index contributed by atoms with van der Waals surface area (Å²) in [6, 6.07) is 2.72. The normalized spacial score (nSPS) is 9.43. The summed E-state index contributed by atoms with van der Waals surface area (Å²) in [4.78, 5) is 29.2. The largest absolute Gasteiger partial charge is 0.287 e. The fourth-order valence-corrected chi connectivity index (χ4v) is 0.871. The average molecular weight is 195 g/mol. The van der Waals surface area contributed by atoms with E-state index in [1.54, 1.807) is 0 Å². The van der Waals surface area contributed by atoms with Gasteiger partial charge in [-0.3, -0.25) is 25.0 Å². The van der Waals surface area contributed by atoms with Crippen LogP contribution in [-0.2, 0) is 4.79 Å². The summed E-state index contributed by atoms with van der Waals surface area (Å²) in [5.41, 5.74) is -1.36. The van der Waals surface area contributed by atoms with Gasteiger partial charge in [-0.1, -0.05) is 0 Å². The maximum Gasteiger partial charge on any atom is 0.287 e. The number of benzene rings is 1. The molecule has 0 heterocycles. The van der Waals surface area contributed by atoms with Gasteiger partial charge < -0.3 is 0 Å². The molecule has 0 aliphatic carbocycles. The first-order chi connectivity index (χ1) is 6.56. The highest BCUT2D eigenvalue weighted by Gasteiger charge is 2.18. The van der Waals surface area contributed by atoms with E-state index >= 15 is 0 Å². The summed E-state index contributed by atoms with van der Waals surface area (Å²) >= 11 is 0. The Morgan fingerprint density at radius 2 is 1.79 bits per heavy atom. The monoisotopic (exact) mass is 195 g/mol. The first kappa shape index (κ1) is 9.78. The van der Waals surface area contributed by atoms with E-state index in [4.69, 9.17) is 0 Å². The molecule has 7 nitrogen and oxygen atoms in total. The molecule has 1 rings (SSSR count). The van der Waals surface area contributed by atoms with Crippen molar-refractivity contribution in [3.63, 3.8) is 0 Å². The number of hydrogen-bond acceptors (Lipinski definition) is 5. The Morgan fingerprint density at radius 3 is 2.21 bits per heavy atom. The van der Waals surface area contributed by atoms with Crippen LogP contribution in [0, 0.1) is 20.2 Å². The SMILES string of the molecule is O=[C]c1ccc([N+](=O)[O-])cc1[N+](=O)[O-]. The van der Waals surface area contributed by atoms with Crippen molar-refractivity contribution >= 4 is 17.7 Å². The van der Waals surface area contributed by atoms with Crippen LogP contribution in [-0.4, -0.2) is 16.1 Å². The molecule has 0 saturated carbocycles. The van der Waals surface area contributed by atoms with Gasteiger partial charge in [0.1, 0.15) is 5.56 Å². The third kappa shape index (κ3) is 1.71. The summed E-state index contributed by atoms with van der Waals surface area (Å²) in [7, 11) is 0. The van der Waals surface area contributed by atoms with E-state index in [0.717, 1.165) is 18.2 Å². The Labute approximate surface area is 77.3 Å². The zero-order valence-electron chi connectivity index (χ0n) is 6.67. The van der Waals surface area contributed by atoms with Gasteiger partial charge in [-0.05, 0) is 6.07 Å². The lowest BCUT2D eigenvalue weighted by Crippen LogP contribution is -1.96. The minimum atomic E-state index is -0.868. The van der Waals surface area contributed by atoms with Crippen LogP contribution in [0.2, 0.25) is 0 Å². The number of non-ortho nitro benzene ring substituents is 1. The van der Waals surface area contributed by atoms with Gasteiger partial charge in [0.05, 0.1) is 15.9 Å². The smallest absolute Gasteiger partial charge is 0.285 e. The average Bonchev–Trinajstić information content (AvgIpc) is 2.16. The molecule has 0 amide bonds. The van der Waals surface area contributed by atoms with Crippen molar-refractivity contribution in [2.24, 2.45) is 0 Å². The maximum absolute atomic E-state index is 10.4. The van der Waals surface area contributed by atoms with E-state index in [0.29, 0.717) is 0 Å². The lowest BCUT2D eigenvalue weighted by Gasteiger charge is -1.94. The maximum atomic E-state index is 10.4. The van der Waals surface area contributed by atoms with Gasteiger partial charge in [0.2, 0.25) is 6.29 Å². The lowest BCUT2D eigenvalue weighted by molar-refractivity contribution is -0.394. The fourth-order valence-electron chi connectivity index (χ4n) is 0.871. The van der Waals surface area contributed by atoms with Crippen LogP contribution in [0.15, 0.2) is 18.2 Å². The molecule has 1 radical (unpaired) electrons. The molecule has 1 aromatic carbocycles. The van der Waals surface area contributed by atoms with Crippen LogP contribution >= 0.6 is 0 Å². The standard InChI is InChI=1S/C7H3N2O5/c10-4-5-1-2-6(8(11)12)3-7(5)9(13)14/h1-3H. The highest BCUT2D eigenvalue weighted by atomic mass is 16.6. The van der Waals surface area contributed by atoms with Gasteiger partial charge in [-0.15, -0.1) is 0 Å². The van der Waals surface area contributed by atoms with Gasteiger partial charge in [0, 0.05) is 6.07 Å². The topological polar surface area (TPSA) is 103 Å². The van der Waals surface area contributed by atoms with E-state index in [9.17, 15) is 25.0 Å². The van der Waals surface area contributed by atoms with Gasteiger partial charge in [0.15, 0.2) is 0 Å². The van der Waals surface area contributed by atoms with E-state index in [2.05, 4.69) is 0 Å². The number of nitrogens with zero attached hydrogens (tertiary/aromatic N) is 2. The first-order valence-electron chi connectivity index (χ1n) is 3.37. The van der Waals surface area contributed by atoms with Crippen LogP contribution in [0.3, 0.4) is 0 Å². The molecule has 7 heteroatoms. The Kier molecular flexibility index (Phi) is 2.52. The fraction of sp³-hybridized carbons (Fsp3) is 0. The third-order valence-corrected chi connectivity index (χ3v) is 1.50. The number of nitro groups is 2. The molecule has 0 bridgehead atoms. The van der Waals surface area contributed by atoms with Crippen molar-refractivity contribution in [3.05, 3.63) is 44.0 Å². The Hall–Kier alpha value is -2.31. The molecular weight excluding hydrogens is 192 g/mol. The zero-order valence-corrected chi connectivity index (χ0v) is 6.67. The molecule has 0 atom stereocenters. The molecule has 0 aliphatic heterocycles. The minimum absolute atomic E-state index is 0.305. The van der Waals surface area contributed by atoms with Crippen LogP contribution in [0.4, 0.5) is 11.4 Å². The number of rotatable bonds is 3. The second-order valence-corrected chi connectivity index (χ2v) is 2.32. The Morgan fingerprint density at radius 1 is 1.14 bits per heavy atom. The molecule has 0 aliphatic rings. The van der Waals surface area contributed by atoms with Gasteiger partial charge in [0.25, 0.3) is 11.4 Å². The zero-order chi connectivity index (χ0) is 10.7. The second-order valence-electron chi connectivity index (χ2n) is 2.32. The van der Waals surface area contributed by atoms with E-state index in [-0.39, 0.29) is 5.56 Å². The summed E-state index contributed by atoms with van der Waals surface area (Å²) in [5, 5.41) is 20.6. The van der Waals surface area contributed by atoms with Gasteiger partial charge in [-0.25, -0.2) is 0 Å². The Balaban J connectivity index is 3.34. The molecule has 71 valence electrons. The molecule has 0 unspecified atom stereocenters. The first-order valence-corrected chi connectivity index (χ1v) is 3.37. The Bertz CT molecular complexity index is 415. The highest BCUT2D eigenvalue weighted by molar-refractivity contribution is 5.82. The number of nitro benzene ring substituents is 2. The summed E-state index contributed by atoms with van der Waals surface area (Å²) in [6.07, 6.45) is 1.33. The quantitative estimate of drug-likeness (QED) is 0.527. The summed E-state index contributed by atoms with van der Waals surface area (Å²) in [6.45, 7) is 0. The van der Waals surface area contributed by atoms with Crippen molar-refractivity contribution in [1.29, 1.82) is 0 Å². The van der Waals surface area contributed by atoms with Crippen molar-refractivity contribution in [1.82, 2.24) is 0 Å². The predicted molar refractivity (Wildman–Crippen MR) is 44.5 cm³/mol. The lowest BCUT2D eigenvalue weighted by atomic mass is 10.2. The third-order valence-electron chi connectivity index (χ3n) is 1.50. The predicted octanol–water partition coefficient (Wildman–Crippen LogP) is 0.961. The van der Waals surface area contributed by atoms with E-state index in [1.165, 1.54) is 6.29 Å². The second kappa shape index (κ2) is 3.60. The van der Waals surface area contributed by atoms with Crippen LogP contribution in [0.5, 0.6) is 0 Å². The molecular formula is C7H3N2O5. The summed E-state index contributed by atoms with van der Waals surface area (Å²) in [5.74, 6) is 0. The van der Waals surface area contributed by atoms with Gasteiger partial charge >= 0.3 is 0 Å². The van der Waals surface area contributed by atoms with Crippen molar-refractivity contribution in [2.75, 3.05) is 0 Å². The van der Waals surface area contributed by atoms with Crippen LogP contribution in [0.25, 0.3) is 0 Å². The molecule has 0 N–H and O–H groups in total. The van der Waals surface area contributed by atoms with E-state index in [1.807, 2.05) is 0 Å². The highest BCUT2D eigenvalue weighted by Crippen LogP contribution is 2.22. The van der Waals surface area contributed by atoms with Crippen molar-refractivity contribution in [2.45, 2.75) is 0 Å². The summed E-state index contributed by atoms with van der Waals surface area (Å²) < 4.78 is 0. The minimum Gasteiger partial charge on any atom is -0.285 e. The molecule has 1 aromatic rings. The number of hydrogen-bond donors (Lipinski definition) is 0. The van der Waals surface area contributed by atoms with Crippen LogP contribution < -0.4 is 0 Å². The van der Waals surface area contributed by atoms with Crippen LogP contribution in [0.1, 0.15) is 5.56 Å². The van der Waals surface area contributed by atoms with Gasteiger partial charge in [-0.2, -0.15) is 0 Å². The molecule has 0 saturated heterocycles. The number of carbonyl (C=O) groups excluding carboxylic acids is 1.